The van der Waals surface area contributed by atoms with Gasteiger partial charge in [-0.2, -0.15) is 0 Å². The van der Waals surface area contributed by atoms with Crippen molar-refractivity contribution in [3.05, 3.63) is 66.7 Å². The Morgan fingerprint density at radius 1 is 0.939 bits per heavy atom. The topological polar surface area (TPSA) is 58.5 Å². The molecule has 1 atom stereocenters. The quantitative estimate of drug-likeness (QED) is 0.437. The number of aryl methyl sites for hydroxylation is 1. The first-order chi connectivity index (χ1) is 16.1. The molecule has 0 unspecified atom stereocenters. The molecule has 6 heteroatoms. The molecule has 2 heterocycles. The number of amides is 1. The van der Waals surface area contributed by atoms with Crippen molar-refractivity contribution in [1.82, 2.24) is 4.57 Å². The fraction of sp³-hybridized carbons (Fsp3) is 0.296. The number of anilines is 3. The Hall–Kier alpha value is -3.51. The number of hydrogen-bond acceptors (Lipinski definition) is 4. The summed E-state index contributed by atoms with van der Waals surface area (Å²) in [6.45, 7) is 8.29. The molecule has 1 aromatic heterocycles. The summed E-state index contributed by atoms with van der Waals surface area (Å²) < 4.78 is 7.73. The van der Waals surface area contributed by atoms with E-state index in [1.807, 2.05) is 25.1 Å². The number of benzene rings is 3. The first-order valence-electron chi connectivity index (χ1n) is 11.6. The Morgan fingerprint density at radius 2 is 1.64 bits per heavy atom. The van der Waals surface area contributed by atoms with Crippen molar-refractivity contribution in [1.29, 1.82) is 0 Å². The molecule has 1 fully saturated rings. The number of nitrogens with zero attached hydrogens (tertiary/aromatic N) is 2. The molecule has 0 aliphatic carbocycles. The Kier molecular flexibility index (Phi) is 5.92. The van der Waals surface area contributed by atoms with E-state index in [9.17, 15) is 4.79 Å². The molecule has 1 saturated heterocycles. The van der Waals surface area contributed by atoms with Crippen LogP contribution in [0, 0.1) is 0 Å². The maximum Gasteiger partial charge on any atom is 0.246 e. The van der Waals surface area contributed by atoms with Crippen LogP contribution in [-0.4, -0.2) is 42.8 Å². The van der Waals surface area contributed by atoms with Gasteiger partial charge in [-0.25, -0.2) is 0 Å². The number of rotatable bonds is 6. The van der Waals surface area contributed by atoms with Gasteiger partial charge in [-0.05, 0) is 62.4 Å². The highest BCUT2D eigenvalue weighted by Crippen LogP contribution is 2.31. The van der Waals surface area contributed by atoms with Gasteiger partial charge >= 0.3 is 0 Å². The number of hydrogen-bond donors (Lipinski definition) is 2. The molecule has 170 valence electrons. The van der Waals surface area contributed by atoms with Crippen molar-refractivity contribution in [2.24, 2.45) is 0 Å². The van der Waals surface area contributed by atoms with Crippen LogP contribution in [0.3, 0.4) is 0 Å². The van der Waals surface area contributed by atoms with E-state index in [-0.39, 0.29) is 11.9 Å². The lowest BCUT2D eigenvalue weighted by atomic mass is 10.1. The lowest BCUT2D eigenvalue weighted by molar-refractivity contribution is -0.116. The minimum atomic E-state index is -0.369. The van der Waals surface area contributed by atoms with Crippen LogP contribution in [-0.2, 0) is 16.1 Å². The Bertz CT molecular complexity index is 1270. The third-order valence-electron chi connectivity index (χ3n) is 6.38. The van der Waals surface area contributed by atoms with E-state index in [4.69, 9.17) is 4.74 Å². The smallest absolute Gasteiger partial charge is 0.246 e. The van der Waals surface area contributed by atoms with Crippen LogP contribution in [0.4, 0.5) is 17.1 Å². The molecule has 1 aliphatic heterocycles. The van der Waals surface area contributed by atoms with Crippen LogP contribution in [0.15, 0.2) is 66.7 Å². The van der Waals surface area contributed by atoms with Crippen LogP contribution >= 0.6 is 0 Å². The maximum atomic E-state index is 12.9. The van der Waals surface area contributed by atoms with Crippen molar-refractivity contribution in [2.75, 3.05) is 41.8 Å². The van der Waals surface area contributed by atoms with Gasteiger partial charge in [0.15, 0.2) is 0 Å². The fourth-order valence-electron chi connectivity index (χ4n) is 4.63. The van der Waals surface area contributed by atoms with Gasteiger partial charge in [0.2, 0.25) is 5.91 Å². The molecule has 3 aromatic carbocycles. The number of nitrogens with one attached hydrogen (secondary N) is 2. The molecule has 0 radical (unpaired) electrons. The second-order valence-electron chi connectivity index (χ2n) is 8.49. The molecule has 0 saturated carbocycles. The summed E-state index contributed by atoms with van der Waals surface area (Å²) in [6.07, 6.45) is 0. The summed E-state index contributed by atoms with van der Waals surface area (Å²) in [6, 6.07) is 22.4. The zero-order valence-corrected chi connectivity index (χ0v) is 19.2. The highest BCUT2D eigenvalue weighted by molar-refractivity contribution is 6.10. The van der Waals surface area contributed by atoms with Gasteiger partial charge in [-0.3, -0.25) is 4.79 Å². The van der Waals surface area contributed by atoms with Gasteiger partial charge in [-0.1, -0.05) is 18.2 Å². The number of aromatic nitrogens is 1. The van der Waals surface area contributed by atoms with Gasteiger partial charge in [0.25, 0.3) is 0 Å². The summed E-state index contributed by atoms with van der Waals surface area (Å²) in [5.74, 6) is -0.0640. The fourth-order valence-corrected chi connectivity index (χ4v) is 4.63. The van der Waals surface area contributed by atoms with E-state index in [1.165, 1.54) is 22.1 Å². The Morgan fingerprint density at radius 3 is 2.39 bits per heavy atom. The summed E-state index contributed by atoms with van der Waals surface area (Å²) in [4.78, 5) is 15.2. The minimum absolute atomic E-state index is 0.0640. The second-order valence-corrected chi connectivity index (χ2v) is 8.49. The highest BCUT2D eigenvalue weighted by Gasteiger charge is 2.16. The van der Waals surface area contributed by atoms with Crippen LogP contribution in [0.2, 0.25) is 0 Å². The molecular weight excluding hydrogens is 412 g/mol. The van der Waals surface area contributed by atoms with Crippen molar-refractivity contribution in [3.63, 3.8) is 0 Å². The molecule has 2 N–H and O–H groups in total. The molecule has 5 rings (SSSR count). The first-order valence-corrected chi connectivity index (χ1v) is 11.6. The third kappa shape index (κ3) is 4.26. The maximum absolute atomic E-state index is 12.9. The van der Waals surface area contributed by atoms with Crippen molar-refractivity contribution in [3.8, 4) is 0 Å². The second kappa shape index (κ2) is 9.16. The number of ether oxygens (including phenoxy) is 1. The van der Waals surface area contributed by atoms with Gasteiger partial charge in [0.05, 0.1) is 13.2 Å². The van der Waals surface area contributed by atoms with Gasteiger partial charge in [0, 0.05) is 58.5 Å². The van der Waals surface area contributed by atoms with E-state index in [1.54, 1.807) is 0 Å². The number of carbonyl (C=O) groups excluding carboxylic acids is 1. The molecule has 33 heavy (non-hydrogen) atoms. The van der Waals surface area contributed by atoms with Gasteiger partial charge in [0.1, 0.15) is 6.04 Å². The average molecular weight is 443 g/mol. The molecule has 0 bridgehead atoms. The van der Waals surface area contributed by atoms with Crippen LogP contribution in [0.5, 0.6) is 0 Å². The highest BCUT2D eigenvalue weighted by atomic mass is 16.5. The zero-order chi connectivity index (χ0) is 22.8. The van der Waals surface area contributed by atoms with E-state index in [0.29, 0.717) is 0 Å². The van der Waals surface area contributed by atoms with Gasteiger partial charge < -0.3 is 24.8 Å². The standard InChI is InChI=1S/C27H30N4O2/c1-3-31-25-7-5-4-6-23(25)24-18-21(10-13-26(24)31)29-27(32)19(2)28-20-8-11-22(12-9-20)30-14-16-33-17-15-30/h4-13,18-19,28H,3,14-17H2,1-2H3,(H,29,32)/t19-/m0/s1. The van der Waals surface area contributed by atoms with Crippen molar-refractivity contribution < 1.29 is 9.53 Å². The zero-order valence-electron chi connectivity index (χ0n) is 19.2. The lowest BCUT2D eigenvalue weighted by Gasteiger charge is -2.29. The normalized spacial score (nSPS) is 15.0. The molecule has 0 spiro atoms. The number of morpholine rings is 1. The molecule has 4 aromatic rings. The monoisotopic (exact) mass is 442 g/mol. The van der Waals surface area contributed by atoms with E-state index >= 15 is 0 Å². The summed E-state index contributed by atoms with van der Waals surface area (Å²) in [7, 11) is 0. The Labute approximate surface area is 194 Å². The first kappa shape index (κ1) is 21.3. The molecule has 6 nitrogen and oxygen atoms in total. The molecule has 1 aliphatic rings. The SMILES string of the molecule is CCn1c2ccccc2c2cc(NC(=O)[C@H](C)Nc3ccc(N4CCOCC4)cc3)ccc21. The number of para-hydroxylation sites is 1. The van der Waals surface area contributed by atoms with E-state index in [2.05, 4.69) is 75.6 Å². The van der Waals surface area contributed by atoms with Crippen molar-refractivity contribution in [2.45, 2.75) is 26.4 Å². The molecule has 1 amide bonds. The van der Waals surface area contributed by atoms with Crippen LogP contribution in [0.25, 0.3) is 21.8 Å². The predicted molar refractivity (Wildman–Crippen MR) is 136 cm³/mol. The minimum Gasteiger partial charge on any atom is -0.378 e. The van der Waals surface area contributed by atoms with Crippen LogP contribution in [0.1, 0.15) is 13.8 Å². The van der Waals surface area contributed by atoms with Gasteiger partial charge in [-0.15, -0.1) is 0 Å². The Balaban J connectivity index is 1.28. The number of fused-ring (bicyclic) bond motifs is 3. The summed E-state index contributed by atoms with van der Waals surface area (Å²) in [5.41, 5.74) is 5.32. The van der Waals surface area contributed by atoms with E-state index in [0.717, 1.165) is 49.6 Å². The predicted octanol–water partition coefficient (Wildman–Crippen LogP) is 5.09. The van der Waals surface area contributed by atoms with Crippen molar-refractivity contribution >= 4 is 44.8 Å². The van der Waals surface area contributed by atoms with E-state index < -0.39 is 0 Å². The van der Waals surface area contributed by atoms with Crippen LogP contribution < -0.4 is 15.5 Å². The summed E-state index contributed by atoms with van der Waals surface area (Å²) in [5, 5.41) is 8.75. The lowest BCUT2D eigenvalue weighted by Crippen LogP contribution is -2.36. The number of carbonyl (C=O) groups is 1. The largest absolute Gasteiger partial charge is 0.378 e. The average Bonchev–Trinajstić information content (AvgIpc) is 3.18. The third-order valence-corrected chi connectivity index (χ3v) is 6.38. The summed E-state index contributed by atoms with van der Waals surface area (Å²) >= 11 is 0. The molecular formula is C27H30N4O2.